The molecule has 1 aromatic rings. The average molecular weight is 215 g/mol. The first-order valence-electron chi connectivity index (χ1n) is 5.46. The Balaban J connectivity index is 1.87. The van der Waals surface area contributed by atoms with Crippen molar-refractivity contribution < 1.29 is 4.79 Å². The Bertz CT molecular complexity index is 469. The van der Waals surface area contributed by atoms with Gasteiger partial charge < -0.3 is 10.2 Å². The quantitative estimate of drug-likeness (QED) is 0.725. The van der Waals surface area contributed by atoms with Crippen LogP contribution in [0.15, 0.2) is 24.3 Å². The van der Waals surface area contributed by atoms with Gasteiger partial charge in [0.25, 0.3) is 0 Å². The predicted molar refractivity (Wildman–Crippen MR) is 60.2 cm³/mol. The van der Waals surface area contributed by atoms with Gasteiger partial charge >= 0.3 is 0 Å². The van der Waals surface area contributed by atoms with E-state index in [9.17, 15) is 4.79 Å². The van der Waals surface area contributed by atoms with Crippen molar-refractivity contribution in [2.24, 2.45) is 0 Å². The van der Waals surface area contributed by atoms with Gasteiger partial charge in [-0.3, -0.25) is 10.2 Å². The summed E-state index contributed by atoms with van der Waals surface area (Å²) in [6, 6.07) is 8.12. The highest BCUT2D eigenvalue weighted by Gasteiger charge is 2.33. The summed E-state index contributed by atoms with van der Waals surface area (Å²) in [4.78, 5) is 13.2. The standard InChI is InChI=1S/C12H13N3O/c13-12-10-4-2-1-3-8(10)7-15(12)9-5-11(16)14-6-9/h1-4,9,13H,5-7H2,(H,14,16). The second-order valence-corrected chi connectivity index (χ2v) is 4.30. The lowest BCUT2D eigenvalue weighted by molar-refractivity contribution is -0.119. The van der Waals surface area contributed by atoms with Crippen molar-refractivity contribution in [2.45, 2.75) is 19.0 Å². The minimum atomic E-state index is 0.0914. The molecule has 0 bridgehead atoms. The van der Waals surface area contributed by atoms with Crippen LogP contribution in [0.5, 0.6) is 0 Å². The number of rotatable bonds is 1. The Morgan fingerprint density at radius 2 is 2.19 bits per heavy atom. The molecule has 16 heavy (non-hydrogen) atoms. The predicted octanol–water partition coefficient (Wildman–Crippen LogP) is 0.716. The Kier molecular flexibility index (Phi) is 1.96. The maximum atomic E-state index is 11.2. The maximum Gasteiger partial charge on any atom is 0.222 e. The minimum absolute atomic E-state index is 0.0914. The summed E-state index contributed by atoms with van der Waals surface area (Å²) in [6.07, 6.45) is 0.510. The van der Waals surface area contributed by atoms with Gasteiger partial charge in [-0.25, -0.2) is 0 Å². The van der Waals surface area contributed by atoms with E-state index in [1.54, 1.807) is 0 Å². The number of fused-ring (bicyclic) bond motifs is 1. The van der Waals surface area contributed by atoms with Gasteiger partial charge in [-0.1, -0.05) is 24.3 Å². The molecule has 1 atom stereocenters. The van der Waals surface area contributed by atoms with Crippen LogP contribution < -0.4 is 5.32 Å². The first-order chi connectivity index (χ1) is 7.75. The summed E-state index contributed by atoms with van der Waals surface area (Å²) in [6.45, 7) is 1.42. The second kappa shape index (κ2) is 3.33. The van der Waals surface area contributed by atoms with Crippen molar-refractivity contribution in [3.05, 3.63) is 35.4 Å². The van der Waals surface area contributed by atoms with Crippen LogP contribution in [0.3, 0.4) is 0 Å². The zero-order chi connectivity index (χ0) is 11.1. The molecule has 0 spiro atoms. The molecule has 1 saturated heterocycles. The lowest BCUT2D eigenvalue weighted by Crippen LogP contribution is -2.36. The Hall–Kier alpha value is -1.84. The molecule has 2 aliphatic heterocycles. The van der Waals surface area contributed by atoms with E-state index in [-0.39, 0.29) is 11.9 Å². The molecule has 4 nitrogen and oxygen atoms in total. The molecule has 82 valence electrons. The van der Waals surface area contributed by atoms with E-state index < -0.39 is 0 Å². The molecule has 1 fully saturated rings. The summed E-state index contributed by atoms with van der Waals surface area (Å²) < 4.78 is 0. The average Bonchev–Trinajstić information content (AvgIpc) is 2.84. The molecule has 1 aromatic carbocycles. The van der Waals surface area contributed by atoms with Crippen molar-refractivity contribution in [3.8, 4) is 0 Å². The molecular formula is C12H13N3O. The number of hydrogen-bond donors (Lipinski definition) is 2. The highest BCUT2D eigenvalue weighted by Crippen LogP contribution is 2.26. The van der Waals surface area contributed by atoms with Gasteiger partial charge in [0, 0.05) is 25.1 Å². The van der Waals surface area contributed by atoms with Gasteiger partial charge in [-0.2, -0.15) is 0 Å². The summed E-state index contributed by atoms with van der Waals surface area (Å²) in [7, 11) is 0. The molecule has 1 amide bonds. The van der Waals surface area contributed by atoms with Gasteiger partial charge in [-0.05, 0) is 5.56 Å². The summed E-state index contributed by atoms with van der Waals surface area (Å²) in [5, 5.41) is 10.9. The van der Waals surface area contributed by atoms with Gasteiger partial charge in [0.2, 0.25) is 5.91 Å². The largest absolute Gasteiger partial charge is 0.354 e. The van der Waals surface area contributed by atoms with Crippen LogP contribution in [0.2, 0.25) is 0 Å². The van der Waals surface area contributed by atoms with Crippen LogP contribution in [0.4, 0.5) is 0 Å². The van der Waals surface area contributed by atoms with Gasteiger partial charge in [0.05, 0.1) is 6.04 Å². The molecule has 2 N–H and O–H groups in total. The molecule has 1 unspecified atom stereocenters. The second-order valence-electron chi connectivity index (χ2n) is 4.30. The maximum absolute atomic E-state index is 11.2. The van der Waals surface area contributed by atoms with Gasteiger partial charge in [-0.15, -0.1) is 0 Å². The van der Waals surface area contributed by atoms with E-state index in [4.69, 9.17) is 5.41 Å². The number of amidine groups is 1. The molecule has 2 aliphatic rings. The molecule has 4 heteroatoms. The summed E-state index contributed by atoms with van der Waals surface area (Å²) >= 11 is 0. The molecule has 3 rings (SSSR count). The smallest absolute Gasteiger partial charge is 0.222 e. The highest BCUT2D eigenvalue weighted by atomic mass is 16.1. The number of carbonyl (C=O) groups excluding carboxylic acids is 1. The number of nitrogens with one attached hydrogen (secondary N) is 2. The first-order valence-corrected chi connectivity index (χ1v) is 5.46. The monoisotopic (exact) mass is 215 g/mol. The van der Waals surface area contributed by atoms with Crippen LogP contribution in [-0.4, -0.2) is 29.2 Å². The van der Waals surface area contributed by atoms with Crippen molar-refractivity contribution in [1.29, 1.82) is 5.41 Å². The molecule has 0 radical (unpaired) electrons. The van der Waals surface area contributed by atoms with Crippen LogP contribution in [0.25, 0.3) is 0 Å². The normalized spacial score (nSPS) is 23.5. The lowest BCUT2D eigenvalue weighted by Gasteiger charge is -2.23. The molecule has 2 heterocycles. The van der Waals surface area contributed by atoms with E-state index in [0.717, 1.165) is 12.1 Å². The number of benzene rings is 1. The topological polar surface area (TPSA) is 56.2 Å². The van der Waals surface area contributed by atoms with Crippen LogP contribution >= 0.6 is 0 Å². The number of carbonyl (C=O) groups is 1. The van der Waals surface area contributed by atoms with E-state index >= 15 is 0 Å². The molecule has 0 aromatic heterocycles. The fraction of sp³-hybridized carbons (Fsp3) is 0.333. The Morgan fingerprint density at radius 1 is 1.38 bits per heavy atom. The lowest BCUT2D eigenvalue weighted by atomic mass is 10.1. The third-order valence-electron chi connectivity index (χ3n) is 3.30. The summed E-state index contributed by atoms with van der Waals surface area (Å²) in [5.41, 5.74) is 2.19. The third kappa shape index (κ3) is 1.30. The zero-order valence-electron chi connectivity index (χ0n) is 8.86. The Morgan fingerprint density at radius 3 is 2.88 bits per heavy atom. The SMILES string of the molecule is N=C1c2ccccc2CN1C1CNC(=O)C1. The van der Waals surface area contributed by atoms with Crippen molar-refractivity contribution in [1.82, 2.24) is 10.2 Å². The molecule has 0 saturated carbocycles. The number of hydrogen-bond acceptors (Lipinski definition) is 2. The number of amides is 1. The molecular weight excluding hydrogens is 202 g/mol. The summed E-state index contributed by atoms with van der Waals surface area (Å²) in [5.74, 6) is 0.644. The van der Waals surface area contributed by atoms with Gasteiger partial charge in [0.15, 0.2) is 0 Å². The first kappa shape index (κ1) is 9.39. The third-order valence-corrected chi connectivity index (χ3v) is 3.30. The molecule has 0 aliphatic carbocycles. The van der Waals surface area contributed by atoms with Crippen LogP contribution in [0.1, 0.15) is 17.5 Å². The van der Waals surface area contributed by atoms with Crippen molar-refractivity contribution in [2.75, 3.05) is 6.54 Å². The van der Waals surface area contributed by atoms with E-state index in [1.807, 2.05) is 29.2 Å². The van der Waals surface area contributed by atoms with Gasteiger partial charge in [0.1, 0.15) is 5.84 Å². The van der Waals surface area contributed by atoms with E-state index in [0.29, 0.717) is 18.8 Å². The van der Waals surface area contributed by atoms with Crippen LogP contribution in [-0.2, 0) is 11.3 Å². The van der Waals surface area contributed by atoms with E-state index in [1.165, 1.54) is 5.56 Å². The van der Waals surface area contributed by atoms with E-state index in [2.05, 4.69) is 5.32 Å². The minimum Gasteiger partial charge on any atom is -0.354 e. The number of nitrogens with zero attached hydrogens (tertiary/aromatic N) is 1. The fourth-order valence-corrected chi connectivity index (χ4v) is 2.43. The Labute approximate surface area is 93.8 Å². The van der Waals surface area contributed by atoms with Crippen molar-refractivity contribution >= 4 is 11.7 Å². The van der Waals surface area contributed by atoms with Crippen LogP contribution in [0, 0.1) is 5.41 Å². The zero-order valence-corrected chi connectivity index (χ0v) is 8.86. The van der Waals surface area contributed by atoms with Crippen molar-refractivity contribution in [3.63, 3.8) is 0 Å². The highest BCUT2D eigenvalue weighted by molar-refractivity contribution is 6.00. The fourth-order valence-electron chi connectivity index (χ4n) is 2.43.